The normalized spacial score (nSPS) is 12.9. The van der Waals surface area contributed by atoms with Crippen molar-refractivity contribution in [3.63, 3.8) is 0 Å². The zero-order valence-corrected chi connectivity index (χ0v) is 43.4. The minimum absolute atomic E-state index is 0.0230. The summed E-state index contributed by atoms with van der Waals surface area (Å²) < 4.78 is 28.7. The van der Waals surface area contributed by atoms with Crippen molar-refractivity contribution in [3.05, 3.63) is 189 Å². The van der Waals surface area contributed by atoms with Crippen LogP contribution in [-0.2, 0) is 49.1 Å². The lowest BCUT2D eigenvalue weighted by molar-refractivity contribution is -0.143. The minimum Gasteiger partial charge on any atom is -0.488 e. The Kier molecular flexibility index (Phi) is 18.0. The number of hydrogen-bond donors (Lipinski definition) is 6. The number of pyridine rings is 2. The van der Waals surface area contributed by atoms with Crippen LogP contribution in [0.2, 0.25) is 10.0 Å². The third-order valence-electron chi connectivity index (χ3n) is 12.6. The van der Waals surface area contributed by atoms with Crippen LogP contribution < -0.4 is 29.6 Å². The first-order chi connectivity index (χ1) is 36.6. The molecule has 8 rings (SSSR count). The highest BCUT2D eigenvalue weighted by Gasteiger charge is 2.25. The number of hydrogen-bond acceptors (Lipinski definition) is 14. The van der Waals surface area contributed by atoms with E-state index >= 15 is 0 Å². The largest absolute Gasteiger partial charge is 0.488 e. The van der Waals surface area contributed by atoms with Crippen molar-refractivity contribution in [3.8, 4) is 45.8 Å². The summed E-state index contributed by atoms with van der Waals surface area (Å²) in [5.41, 5.74) is 8.34. The third-order valence-corrected chi connectivity index (χ3v) is 13.2. The molecule has 0 amide bonds. The summed E-state index contributed by atoms with van der Waals surface area (Å²) in [7, 11) is 0. The van der Waals surface area contributed by atoms with Gasteiger partial charge in [-0.2, -0.15) is 10.2 Å². The van der Waals surface area contributed by atoms with Gasteiger partial charge in [-0.15, -0.1) is 0 Å². The van der Waals surface area contributed by atoms with Gasteiger partial charge in [0.1, 0.15) is 61.5 Å². The van der Waals surface area contributed by atoms with E-state index in [0.717, 1.165) is 44.5 Å². The molecule has 0 saturated carbocycles. The lowest BCUT2D eigenvalue weighted by atomic mass is 9.92. The Morgan fingerprint density at radius 2 is 0.961 bits per heavy atom. The number of benzene rings is 4. The van der Waals surface area contributed by atoms with Gasteiger partial charge in [0.05, 0.1) is 22.3 Å². The van der Waals surface area contributed by atoms with Crippen molar-refractivity contribution in [1.82, 2.24) is 40.2 Å². The van der Waals surface area contributed by atoms with Crippen molar-refractivity contribution < 1.29 is 49.0 Å². The molecule has 6 N–H and O–H groups in total. The molecular weight excluding hydrogens is 1020 g/mol. The fraction of sp³-hybridized carbons (Fsp3) is 0.250. The summed E-state index contributed by atoms with van der Waals surface area (Å²) >= 11 is 13.7. The number of aromatic nitrogens is 6. The molecular formula is C56H56Cl2N8O10. The second-order valence-electron chi connectivity index (χ2n) is 17.9. The fourth-order valence-electron chi connectivity index (χ4n) is 8.27. The second-order valence-corrected chi connectivity index (χ2v) is 18.8. The number of aliphatic hydroxyl groups is 2. The van der Waals surface area contributed by atoms with Gasteiger partial charge in [-0.3, -0.25) is 20.2 Å². The monoisotopic (exact) mass is 1070 g/mol. The Labute approximate surface area is 448 Å². The molecule has 4 aromatic carbocycles. The van der Waals surface area contributed by atoms with E-state index in [-0.39, 0.29) is 49.6 Å². The summed E-state index contributed by atoms with van der Waals surface area (Å²) in [6.07, 6.45) is 7.95. The number of nitrogens with one attached hydrogen (secondary N) is 2. The van der Waals surface area contributed by atoms with Crippen LogP contribution in [0.25, 0.3) is 22.8 Å². The maximum Gasteiger partial charge on any atom is 0.323 e. The van der Waals surface area contributed by atoms with Gasteiger partial charge in [0.2, 0.25) is 0 Å². The van der Waals surface area contributed by atoms with Gasteiger partial charge in [0, 0.05) is 84.7 Å². The molecule has 0 fully saturated rings. The predicted octanol–water partition coefficient (Wildman–Crippen LogP) is 8.60. The van der Waals surface area contributed by atoms with Crippen molar-refractivity contribution >= 4 is 35.1 Å². The van der Waals surface area contributed by atoms with Gasteiger partial charge in [0.15, 0.2) is 11.6 Å². The van der Waals surface area contributed by atoms with Gasteiger partial charge in [-0.25, -0.2) is 19.3 Å². The molecule has 0 spiro atoms. The van der Waals surface area contributed by atoms with Crippen LogP contribution in [0.5, 0.6) is 23.0 Å². The molecule has 18 nitrogen and oxygen atoms in total. The topological polar surface area (TPSA) is 237 Å². The van der Waals surface area contributed by atoms with Gasteiger partial charge in [-0.1, -0.05) is 71.7 Å². The number of carboxylic acid groups (broad SMARTS) is 2. The molecule has 0 radical (unpaired) electrons. The number of halogens is 2. The maximum atomic E-state index is 11.9. The number of nitrogens with zero attached hydrogens (tertiary/aromatic N) is 6. The van der Waals surface area contributed by atoms with Crippen LogP contribution in [0, 0.1) is 13.8 Å². The summed E-state index contributed by atoms with van der Waals surface area (Å²) in [6.45, 7) is 7.44. The lowest BCUT2D eigenvalue weighted by Gasteiger charge is -2.20. The smallest absolute Gasteiger partial charge is 0.323 e. The summed E-state index contributed by atoms with van der Waals surface area (Å²) in [4.78, 5) is 32.8. The highest BCUT2D eigenvalue weighted by atomic mass is 35.5. The van der Waals surface area contributed by atoms with Crippen LogP contribution in [0.15, 0.2) is 134 Å². The maximum absolute atomic E-state index is 11.9. The van der Waals surface area contributed by atoms with Crippen molar-refractivity contribution in [1.29, 1.82) is 0 Å². The van der Waals surface area contributed by atoms with E-state index in [1.54, 1.807) is 82.9 Å². The molecule has 0 unspecified atom stereocenters. The fourth-order valence-corrected chi connectivity index (χ4v) is 8.75. The molecule has 20 heteroatoms. The number of rotatable bonds is 25. The molecule has 0 aliphatic heterocycles. The van der Waals surface area contributed by atoms with Crippen LogP contribution in [-0.4, -0.2) is 86.2 Å². The highest BCUT2D eigenvalue weighted by molar-refractivity contribution is 6.32. The molecule has 76 heavy (non-hydrogen) atoms. The standard InChI is InChI=1S/C56H56Cl2N8O10/c1-33-39(31-75-49-23-47(41(21-45(49)57)27-61-53(35(3)67)55(69)70)73-29-37-13-15-51(59-25-37)65-19-7-17-63-65)9-5-11-43(33)44-12-6-10-40(34(44)2)32-76-50-24-48(42(22-46(50)58)28-62-54(36(4)68)56(71)72)74-30-38-14-16-52(60-26-38)66-20-8-18-64-66/h5-26,35-36,53-54,61-62,67-68H,27-32H2,1-4H3,(H,69,70)(H,71,72)/t35-,36-,53+,54+/m1/s1. The number of aliphatic hydroxyl groups excluding tert-OH is 2. The number of carbonyl (C=O) groups is 2. The zero-order valence-electron chi connectivity index (χ0n) is 41.9. The Morgan fingerprint density at radius 3 is 1.30 bits per heavy atom. The lowest BCUT2D eigenvalue weighted by Crippen LogP contribution is -2.44. The Bertz CT molecular complexity index is 3030. The number of aliphatic carboxylic acids is 2. The van der Waals surface area contributed by atoms with Crippen LogP contribution in [0.3, 0.4) is 0 Å². The first-order valence-electron chi connectivity index (χ1n) is 24.1. The van der Waals surface area contributed by atoms with E-state index in [1.807, 2.05) is 74.5 Å². The van der Waals surface area contributed by atoms with Crippen molar-refractivity contribution in [2.24, 2.45) is 0 Å². The van der Waals surface area contributed by atoms with E-state index < -0.39 is 36.2 Å². The van der Waals surface area contributed by atoms with Gasteiger partial charge in [0.25, 0.3) is 0 Å². The minimum atomic E-state index is -1.24. The molecule has 0 saturated heterocycles. The average Bonchev–Trinajstić information content (AvgIpc) is 4.16. The molecule has 0 aliphatic rings. The molecule has 8 aromatic rings. The first kappa shape index (κ1) is 54.4. The molecule has 4 aromatic heterocycles. The van der Waals surface area contributed by atoms with Crippen LogP contribution >= 0.6 is 23.2 Å². The Hall–Kier alpha value is -7.84. The molecule has 0 aliphatic carbocycles. The summed E-state index contributed by atoms with van der Waals surface area (Å²) in [5.74, 6) is 0.342. The summed E-state index contributed by atoms with van der Waals surface area (Å²) in [6, 6.07) is 27.2. The van der Waals surface area contributed by atoms with E-state index in [1.165, 1.54) is 13.8 Å². The number of carboxylic acids is 2. The van der Waals surface area contributed by atoms with E-state index in [9.17, 15) is 30.0 Å². The quantitative estimate of drug-likeness (QED) is 0.0314. The van der Waals surface area contributed by atoms with Crippen molar-refractivity contribution in [2.45, 2.75) is 91.5 Å². The molecule has 394 valence electrons. The van der Waals surface area contributed by atoms with Gasteiger partial charge < -0.3 is 39.4 Å². The SMILES string of the molecule is Cc1c(COc2cc(OCc3ccc(-n4cccn4)nc3)c(CN[C@H](C(=O)O)[C@@H](C)O)cc2Cl)cccc1-c1cccc(COc2cc(OCc3ccc(-n4cccn4)nc3)c(CN[C@H](C(=O)O)[C@@H](C)O)cc2Cl)c1C. The molecule has 4 heterocycles. The van der Waals surface area contributed by atoms with Gasteiger partial charge >= 0.3 is 11.9 Å². The summed E-state index contributed by atoms with van der Waals surface area (Å²) in [5, 5.41) is 54.5. The second kappa shape index (κ2) is 25.1. The Balaban J connectivity index is 0.984. The molecule has 4 atom stereocenters. The zero-order chi connectivity index (χ0) is 53.9. The Morgan fingerprint density at radius 1 is 0.553 bits per heavy atom. The predicted molar refractivity (Wildman–Crippen MR) is 284 cm³/mol. The van der Waals surface area contributed by atoms with E-state index in [0.29, 0.717) is 45.8 Å². The number of ether oxygens (including phenoxy) is 4. The van der Waals surface area contributed by atoms with Gasteiger partial charge in [-0.05, 0) is 97.5 Å². The van der Waals surface area contributed by atoms with E-state index in [2.05, 4.69) is 30.8 Å². The van der Waals surface area contributed by atoms with Crippen molar-refractivity contribution in [2.75, 3.05) is 0 Å². The third kappa shape index (κ3) is 13.5. The average molecular weight is 1070 g/mol. The van der Waals surface area contributed by atoms with Crippen LogP contribution in [0.1, 0.15) is 58.4 Å². The van der Waals surface area contributed by atoms with Crippen LogP contribution in [0.4, 0.5) is 0 Å². The molecule has 0 bridgehead atoms. The van der Waals surface area contributed by atoms with E-state index in [4.69, 9.17) is 42.1 Å². The first-order valence-corrected chi connectivity index (χ1v) is 24.9. The highest BCUT2D eigenvalue weighted by Crippen LogP contribution is 2.38.